The van der Waals surface area contributed by atoms with Crippen molar-refractivity contribution in [3.05, 3.63) is 29.8 Å². The molecule has 0 radical (unpaired) electrons. The first-order valence-electron chi connectivity index (χ1n) is 11.1. The van der Waals surface area contributed by atoms with Gasteiger partial charge < -0.3 is 24.8 Å². The van der Waals surface area contributed by atoms with E-state index < -0.39 is 0 Å². The van der Waals surface area contributed by atoms with Crippen LogP contribution in [0, 0.1) is 5.92 Å². The first-order valence-corrected chi connectivity index (χ1v) is 11.1. The molecule has 1 fully saturated rings. The van der Waals surface area contributed by atoms with Crippen molar-refractivity contribution in [3.63, 3.8) is 0 Å². The molecular formula is C23H37N3O3. The number of hydrogen-bond acceptors (Lipinski definition) is 4. The Morgan fingerprint density at radius 1 is 1.24 bits per heavy atom. The minimum atomic E-state index is -0.207. The van der Waals surface area contributed by atoms with Crippen molar-refractivity contribution >= 4 is 5.96 Å². The van der Waals surface area contributed by atoms with Gasteiger partial charge in [-0.05, 0) is 52.0 Å². The second kappa shape index (κ2) is 10.8. The highest BCUT2D eigenvalue weighted by molar-refractivity contribution is 5.80. The summed E-state index contributed by atoms with van der Waals surface area (Å²) in [6.07, 6.45) is 4.06. The average molecular weight is 404 g/mol. The predicted molar refractivity (Wildman–Crippen MR) is 117 cm³/mol. The molecule has 6 nitrogen and oxygen atoms in total. The lowest BCUT2D eigenvalue weighted by molar-refractivity contribution is 0.0205. The summed E-state index contributed by atoms with van der Waals surface area (Å²) in [5.41, 5.74) is 0.985. The molecule has 0 aromatic heterocycles. The van der Waals surface area contributed by atoms with Gasteiger partial charge in [0.05, 0.1) is 6.04 Å². The number of nitrogens with zero attached hydrogens (tertiary/aromatic N) is 1. The standard InChI is InChI=1S/C23H37N3O3/c1-4-24-22(25-12-7-13-28-17-18-10-14-27-15-11-18)26-20-16-23(2,3)29-21-9-6-5-8-19(20)21/h5-6,8-9,18,20H,4,7,10-17H2,1-3H3,(H2,24,25,26). The van der Waals surface area contributed by atoms with Crippen LogP contribution in [0.5, 0.6) is 5.75 Å². The first-order chi connectivity index (χ1) is 14.1. The summed E-state index contributed by atoms with van der Waals surface area (Å²) in [5.74, 6) is 2.47. The fourth-order valence-corrected chi connectivity index (χ4v) is 3.94. The molecule has 1 aromatic rings. The largest absolute Gasteiger partial charge is 0.487 e. The molecule has 1 aromatic carbocycles. The maximum absolute atomic E-state index is 6.14. The number of ether oxygens (including phenoxy) is 3. The molecule has 0 saturated carbocycles. The van der Waals surface area contributed by atoms with E-state index in [-0.39, 0.29) is 11.6 Å². The summed E-state index contributed by atoms with van der Waals surface area (Å²) < 4.78 is 17.4. The number of rotatable bonds is 8. The molecule has 0 aliphatic carbocycles. The Bertz CT molecular complexity index is 657. The van der Waals surface area contributed by atoms with Gasteiger partial charge in [0.1, 0.15) is 11.4 Å². The van der Waals surface area contributed by atoms with Crippen molar-refractivity contribution in [2.45, 2.75) is 58.1 Å². The van der Waals surface area contributed by atoms with E-state index in [1.54, 1.807) is 0 Å². The molecule has 2 aliphatic rings. The highest BCUT2D eigenvalue weighted by Crippen LogP contribution is 2.39. The fraction of sp³-hybridized carbons (Fsp3) is 0.696. The molecule has 2 N–H and O–H groups in total. The molecule has 162 valence electrons. The van der Waals surface area contributed by atoms with Crippen LogP contribution in [0.3, 0.4) is 0 Å². The number of fused-ring (bicyclic) bond motifs is 1. The fourth-order valence-electron chi connectivity index (χ4n) is 3.94. The Hall–Kier alpha value is -1.79. The lowest BCUT2D eigenvalue weighted by atomic mass is 9.90. The van der Waals surface area contributed by atoms with Crippen LogP contribution in [0.1, 0.15) is 58.1 Å². The molecule has 0 bridgehead atoms. The molecule has 3 rings (SSSR count). The number of hydrogen-bond donors (Lipinski definition) is 2. The van der Waals surface area contributed by atoms with Crippen molar-refractivity contribution in [2.75, 3.05) is 39.5 Å². The zero-order chi connectivity index (χ0) is 20.5. The molecular weight excluding hydrogens is 366 g/mol. The third-order valence-electron chi connectivity index (χ3n) is 5.44. The second-order valence-electron chi connectivity index (χ2n) is 8.55. The Morgan fingerprint density at radius 3 is 2.83 bits per heavy atom. The summed E-state index contributed by atoms with van der Waals surface area (Å²) in [5, 5.41) is 6.99. The SMILES string of the molecule is CCNC(=NCCCOCC1CCOCC1)NC1CC(C)(C)Oc2ccccc21. The highest BCUT2D eigenvalue weighted by Gasteiger charge is 2.33. The van der Waals surface area contributed by atoms with Crippen molar-refractivity contribution < 1.29 is 14.2 Å². The van der Waals surface area contributed by atoms with Crippen LogP contribution in [0.25, 0.3) is 0 Å². The van der Waals surface area contributed by atoms with Crippen LogP contribution < -0.4 is 15.4 Å². The Labute approximate surface area is 175 Å². The number of nitrogens with one attached hydrogen (secondary N) is 2. The molecule has 6 heteroatoms. The van der Waals surface area contributed by atoms with Gasteiger partial charge in [-0.15, -0.1) is 0 Å². The quantitative estimate of drug-likeness (QED) is 0.394. The summed E-state index contributed by atoms with van der Waals surface area (Å²) in [4.78, 5) is 4.77. The second-order valence-corrected chi connectivity index (χ2v) is 8.55. The van der Waals surface area contributed by atoms with Crippen LogP contribution in [0.4, 0.5) is 0 Å². The Morgan fingerprint density at radius 2 is 2.03 bits per heavy atom. The lowest BCUT2D eigenvalue weighted by Crippen LogP contribution is -2.45. The molecule has 1 saturated heterocycles. The lowest BCUT2D eigenvalue weighted by Gasteiger charge is -2.38. The van der Waals surface area contributed by atoms with Gasteiger partial charge in [-0.1, -0.05) is 18.2 Å². The Kier molecular flexibility index (Phi) is 8.19. The van der Waals surface area contributed by atoms with Crippen LogP contribution >= 0.6 is 0 Å². The maximum atomic E-state index is 6.14. The minimum Gasteiger partial charge on any atom is -0.487 e. The van der Waals surface area contributed by atoms with Gasteiger partial charge in [0.15, 0.2) is 5.96 Å². The summed E-state index contributed by atoms with van der Waals surface area (Å²) in [6.45, 7) is 11.3. The van der Waals surface area contributed by atoms with E-state index >= 15 is 0 Å². The van der Waals surface area contributed by atoms with Gasteiger partial charge in [0.2, 0.25) is 0 Å². The third kappa shape index (κ3) is 6.89. The van der Waals surface area contributed by atoms with Crippen molar-refractivity contribution in [1.29, 1.82) is 0 Å². The monoisotopic (exact) mass is 403 g/mol. The van der Waals surface area contributed by atoms with Gasteiger partial charge in [-0.2, -0.15) is 0 Å². The van der Waals surface area contributed by atoms with Crippen LogP contribution in [-0.4, -0.2) is 51.1 Å². The summed E-state index contributed by atoms with van der Waals surface area (Å²) >= 11 is 0. The number of guanidine groups is 1. The minimum absolute atomic E-state index is 0.178. The van der Waals surface area contributed by atoms with E-state index in [4.69, 9.17) is 19.2 Å². The summed E-state index contributed by atoms with van der Waals surface area (Å²) in [7, 11) is 0. The van der Waals surface area contributed by atoms with Crippen molar-refractivity contribution in [2.24, 2.45) is 10.9 Å². The summed E-state index contributed by atoms with van der Waals surface area (Å²) in [6, 6.07) is 8.45. The predicted octanol–water partition coefficient (Wildman–Crippen LogP) is 3.68. The van der Waals surface area contributed by atoms with E-state index in [9.17, 15) is 0 Å². The normalized spacial score (nSPS) is 21.9. The molecule has 1 unspecified atom stereocenters. The molecule has 2 heterocycles. The average Bonchev–Trinajstić information content (AvgIpc) is 2.70. The molecule has 29 heavy (non-hydrogen) atoms. The van der Waals surface area contributed by atoms with Crippen LogP contribution in [0.15, 0.2) is 29.3 Å². The van der Waals surface area contributed by atoms with Gasteiger partial charge in [0.25, 0.3) is 0 Å². The van der Waals surface area contributed by atoms with E-state index in [0.717, 1.165) is 76.9 Å². The van der Waals surface area contributed by atoms with Crippen molar-refractivity contribution in [3.8, 4) is 5.75 Å². The van der Waals surface area contributed by atoms with Crippen LogP contribution in [-0.2, 0) is 9.47 Å². The zero-order valence-corrected chi connectivity index (χ0v) is 18.2. The molecule has 2 aliphatic heterocycles. The number of benzene rings is 1. The van der Waals surface area contributed by atoms with E-state index in [1.165, 1.54) is 5.56 Å². The van der Waals surface area contributed by atoms with Gasteiger partial charge in [-0.25, -0.2) is 0 Å². The van der Waals surface area contributed by atoms with E-state index in [1.807, 2.05) is 12.1 Å². The molecule has 0 amide bonds. The van der Waals surface area contributed by atoms with Gasteiger partial charge >= 0.3 is 0 Å². The van der Waals surface area contributed by atoms with Crippen LogP contribution in [0.2, 0.25) is 0 Å². The van der Waals surface area contributed by atoms with Gasteiger partial charge in [-0.3, -0.25) is 4.99 Å². The van der Waals surface area contributed by atoms with Crippen molar-refractivity contribution in [1.82, 2.24) is 10.6 Å². The van der Waals surface area contributed by atoms with E-state index in [0.29, 0.717) is 5.92 Å². The molecule has 1 atom stereocenters. The topological polar surface area (TPSA) is 64.1 Å². The third-order valence-corrected chi connectivity index (χ3v) is 5.44. The highest BCUT2D eigenvalue weighted by atomic mass is 16.5. The maximum Gasteiger partial charge on any atom is 0.191 e. The number of para-hydroxylation sites is 1. The van der Waals surface area contributed by atoms with E-state index in [2.05, 4.69) is 43.5 Å². The molecule has 0 spiro atoms. The zero-order valence-electron chi connectivity index (χ0n) is 18.2. The Balaban J connectivity index is 1.49. The first kappa shape index (κ1) is 21.9. The van der Waals surface area contributed by atoms with Gasteiger partial charge in [0, 0.05) is 51.5 Å². The smallest absolute Gasteiger partial charge is 0.191 e. The number of aliphatic imine (C=N–C) groups is 1.